The van der Waals surface area contributed by atoms with E-state index >= 15 is 0 Å². The topological polar surface area (TPSA) is 79.4 Å². The Morgan fingerprint density at radius 1 is 1.08 bits per heavy atom. The van der Waals surface area contributed by atoms with Gasteiger partial charge >= 0.3 is 12.1 Å². The molecule has 0 bridgehead atoms. The summed E-state index contributed by atoms with van der Waals surface area (Å²) in [6.45, 7) is 12.9. The predicted octanol–water partition coefficient (Wildman–Crippen LogP) is 1.54. The zero-order chi connectivity index (χ0) is 20.1. The maximum atomic E-state index is 12.4. The number of esters is 1. The monoisotopic (exact) mass is 371 g/mol. The van der Waals surface area contributed by atoms with E-state index in [4.69, 9.17) is 9.47 Å². The van der Waals surface area contributed by atoms with Crippen LogP contribution in [-0.4, -0.2) is 84.8 Å². The highest BCUT2D eigenvalue weighted by molar-refractivity contribution is 5.81. The first-order chi connectivity index (χ1) is 11.9. The van der Waals surface area contributed by atoms with Crippen molar-refractivity contribution >= 4 is 18.0 Å². The van der Waals surface area contributed by atoms with Crippen LogP contribution in [0.4, 0.5) is 4.79 Å². The largest absolute Gasteiger partial charge is 0.465 e. The van der Waals surface area contributed by atoms with Gasteiger partial charge in [-0.05, 0) is 13.8 Å². The van der Waals surface area contributed by atoms with Crippen LogP contribution in [0.25, 0.3) is 0 Å². The third kappa shape index (κ3) is 6.48. The van der Waals surface area contributed by atoms with E-state index < -0.39 is 11.5 Å². The molecule has 0 saturated carbocycles. The van der Waals surface area contributed by atoms with E-state index in [0.29, 0.717) is 26.2 Å². The summed E-state index contributed by atoms with van der Waals surface area (Å²) in [7, 11) is 1.62. The third-order valence-electron chi connectivity index (χ3n) is 4.38. The Labute approximate surface area is 156 Å². The second kappa shape index (κ2) is 9.21. The molecule has 0 aromatic heterocycles. The summed E-state index contributed by atoms with van der Waals surface area (Å²) in [6, 6.07) is 0.242. The van der Waals surface area contributed by atoms with Crippen LogP contribution < -0.4 is 0 Å². The van der Waals surface area contributed by atoms with Crippen molar-refractivity contribution < 1.29 is 23.9 Å². The summed E-state index contributed by atoms with van der Waals surface area (Å²) in [5.41, 5.74) is -0.516. The van der Waals surface area contributed by atoms with Gasteiger partial charge in [-0.2, -0.15) is 0 Å². The van der Waals surface area contributed by atoms with Crippen LogP contribution >= 0.6 is 0 Å². The lowest BCUT2D eigenvalue weighted by Crippen LogP contribution is -2.59. The quantitative estimate of drug-likeness (QED) is 0.539. The van der Waals surface area contributed by atoms with Gasteiger partial charge < -0.3 is 19.3 Å². The maximum Gasteiger partial charge on any atom is 0.411 e. The van der Waals surface area contributed by atoms with Gasteiger partial charge in [-0.1, -0.05) is 20.8 Å². The van der Waals surface area contributed by atoms with Gasteiger partial charge in [0, 0.05) is 51.1 Å². The maximum absolute atomic E-state index is 12.4. The molecule has 2 atom stereocenters. The van der Waals surface area contributed by atoms with Gasteiger partial charge in [-0.3, -0.25) is 14.5 Å². The zero-order valence-corrected chi connectivity index (χ0v) is 17.1. The molecule has 26 heavy (non-hydrogen) atoms. The van der Waals surface area contributed by atoms with Gasteiger partial charge in [0.25, 0.3) is 0 Å². The molecular weight excluding hydrogens is 338 g/mol. The summed E-state index contributed by atoms with van der Waals surface area (Å²) in [4.78, 5) is 40.7. The minimum Gasteiger partial charge on any atom is -0.465 e. The lowest BCUT2D eigenvalue weighted by atomic mass is 9.95. The summed E-state index contributed by atoms with van der Waals surface area (Å²) in [6.07, 6.45) is -0.420. The standard InChI is InChI=1S/C18H33N3O5/c1-13-10-20(11-14(2)21(13)8-9-25-15(3)22)17(24)26-12-19(7)16(23)18(4,5)6/h13-14H,8-12H2,1-7H3/t13-,14+. The number of hydrogen-bond acceptors (Lipinski definition) is 6. The molecule has 1 rings (SSSR count). The second-order valence-electron chi connectivity index (χ2n) is 7.97. The highest BCUT2D eigenvalue weighted by Gasteiger charge is 2.33. The number of carbonyl (C=O) groups excluding carboxylic acids is 3. The minimum absolute atomic E-state index is 0.0651. The van der Waals surface area contributed by atoms with E-state index in [2.05, 4.69) is 4.90 Å². The minimum atomic E-state index is -0.516. The van der Waals surface area contributed by atoms with Crippen LogP contribution in [0.5, 0.6) is 0 Å². The molecule has 0 aliphatic carbocycles. The third-order valence-corrected chi connectivity index (χ3v) is 4.38. The van der Waals surface area contributed by atoms with E-state index in [0.717, 1.165) is 0 Å². The van der Waals surface area contributed by atoms with Crippen molar-refractivity contribution in [2.75, 3.05) is 40.0 Å². The van der Waals surface area contributed by atoms with Gasteiger partial charge in [-0.15, -0.1) is 0 Å². The van der Waals surface area contributed by atoms with Crippen LogP contribution in [0.2, 0.25) is 0 Å². The summed E-state index contributed by atoms with van der Waals surface area (Å²) in [5, 5.41) is 0. The fourth-order valence-electron chi connectivity index (χ4n) is 3.12. The highest BCUT2D eigenvalue weighted by atomic mass is 16.6. The van der Waals surface area contributed by atoms with E-state index in [1.54, 1.807) is 11.9 Å². The van der Waals surface area contributed by atoms with Crippen LogP contribution in [0.1, 0.15) is 41.5 Å². The lowest BCUT2D eigenvalue weighted by Gasteiger charge is -2.43. The van der Waals surface area contributed by atoms with Crippen LogP contribution in [0, 0.1) is 5.41 Å². The van der Waals surface area contributed by atoms with Crippen molar-refractivity contribution in [3.8, 4) is 0 Å². The smallest absolute Gasteiger partial charge is 0.411 e. The van der Waals surface area contributed by atoms with E-state index in [1.165, 1.54) is 11.8 Å². The van der Waals surface area contributed by atoms with Crippen molar-refractivity contribution in [2.45, 2.75) is 53.6 Å². The molecule has 0 aromatic carbocycles. The van der Waals surface area contributed by atoms with Crippen molar-refractivity contribution in [3.05, 3.63) is 0 Å². The molecule has 8 nitrogen and oxygen atoms in total. The fraction of sp³-hybridized carbons (Fsp3) is 0.833. The summed E-state index contributed by atoms with van der Waals surface area (Å²) < 4.78 is 10.3. The van der Waals surface area contributed by atoms with E-state index in [-0.39, 0.29) is 30.7 Å². The molecule has 1 saturated heterocycles. The Bertz CT molecular complexity index is 505. The van der Waals surface area contributed by atoms with E-state index in [9.17, 15) is 14.4 Å². The SMILES string of the molecule is CC(=O)OCCN1[C@H](C)CN(C(=O)OCN(C)C(=O)C(C)(C)C)C[C@@H]1C. The number of nitrogens with zero attached hydrogens (tertiary/aromatic N) is 3. The molecule has 1 fully saturated rings. The van der Waals surface area contributed by atoms with Gasteiger partial charge in [-0.25, -0.2) is 4.79 Å². The van der Waals surface area contributed by atoms with Gasteiger partial charge in [0.15, 0.2) is 6.73 Å². The first kappa shape index (κ1) is 22.2. The average Bonchev–Trinajstić information content (AvgIpc) is 2.52. The van der Waals surface area contributed by atoms with E-state index in [1.807, 2.05) is 34.6 Å². The molecule has 8 heteroatoms. The molecule has 0 radical (unpaired) electrons. The Hall–Kier alpha value is -1.83. The van der Waals surface area contributed by atoms with Crippen molar-refractivity contribution in [1.29, 1.82) is 0 Å². The molecule has 1 aliphatic rings. The Kier molecular flexibility index (Phi) is 7.87. The van der Waals surface area contributed by atoms with Gasteiger partial charge in [0.05, 0.1) is 0 Å². The van der Waals surface area contributed by atoms with Crippen molar-refractivity contribution in [3.63, 3.8) is 0 Å². The predicted molar refractivity (Wildman–Crippen MR) is 97.4 cm³/mol. The number of hydrogen-bond donors (Lipinski definition) is 0. The normalized spacial score (nSPS) is 21.3. The summed E-state index contributed by atoms with van der Waals surface area (Å²) >= 11 is 0. The molecule has 0 N–H and O–H groups in total. The Balaban J connectivity index is 2.50. The highest BCUT2D eigenvalue weighted by Crippen LogP contribution is 2.18. The lowest BCUT2D eigenvalue weighted by molar-refractivity contribution is -0.142. The molecular formula is C18H33N3O5. The Morgan fingerprint density at radius 2 is 1.62 bits per heavy atom. The number of piperazine rings is 1. The molecule has 0 spiro atoms. The fourth-order valence-corrected chi connectivity index (χ4v) is 3.12. The average molecular weight is 371 g/mol. The molecule has 150 valence electrons. The van der Waals surface area contributed by atoms with Crippen LogP contribution in [0.15, 0.2) is 0 Å². The van der Waals surface area contributed by atoms with Crippen molar-refractivity contribution in [2.24, 2.45) is 5.41 Å². The van der Waals surface area contributed by atoms with Gasteiger partial charge in [0.1, 0.15) is 6.61 Å². The first-order valence-corrected chi connectivity index (χ1v) is 8.99. The van der Waals surface area contributed by atoms with Gasteiger partial charge in [0.2, 0.25) is 5.91 Å². The number of carbonyl (C=O) groups is 3. The second-order valence-corrected chi connectivity index (χ2v) is 7.97. The first-order valence-electron chi connectivity index (χ1n) is 8.99. The number of ether oxygens (including phenoxy) is 2. The Morgan fingerprint density at radius 3 is 2.08 bits per heavy atom. The molecule has 1 aliphatic heterocycles. The van der Waals surface area contributed by atoms with Crippen molar-refractivity contribution in [1.82, 2.24) is 14.7 Å². The number of rotatable bonds is 5. The summed E-state index contributed by atoms with van der Waals surface area (Å²) in [5.74, 6) is -0.372. The van der Waals surface area contributed by atoms with Crippen LogP contribution in [-0.2, 0) is 19.1 Å². The molecule has 2 amide bonds. The number of amides is 2. The van der Waals surface area contributed by atoms with Crippen LogP contribution in [0.3, 0.4) is 0 Å². The molecule has 1 heterocycles. The zero-order valence-electron chi connectivity index (χ0n) is 17.1. The molecule has 0 aromatic rings. The molecule has 0 unspecified atom stereocenters.